The molecule has 3 rings (SSSR count). The summed E-state index contributed by atoms with van der Waals surface area (Å²) in [5, 5.41) is 12.7. The third kappa shape index (κ3) is 2.51. The number of H-pyrrole nitrogens is 1. The number of nitrogens with zero attached hydrogens (tertiary/aromatic N) is 2. The quantitative estimate of drug-likeness (QED) is 0.711. The molecule has 0 saturated heterocycles. The number of aryl methyl sites for hydroxylation is 2. The first kappa shape index (κ1) is 15.1. The third-order valence-corrected chi connectivity index (χ3v) is 4.13. The highest BCUT2D eigenvalue weighted by molar-refractivity contribution is 6.31. The van der Waals surface area contributed by atoms with Crippen LogP contribution in [0.2, 0.25) is 5.02 Å². The molecular formula is C16H19ClN4O. The monoisotopic (exact) mass is 318 g/mol. The topological polar surface area (TPSA) is 62.7 Å². The van der Waals surface area contributed by atoms with E-state index in [0.717, 1.165) is 36.1 Å². The van der Waals surface area contributed by atoms with E-state index in [0.29, 0.717) is 22.5 Å². The molecule has 0 spiro atoms. The molecule has 0 saturated carbocycles. The number of hydrogen-bond donors (Lipinski definition) is 2. The van der Waals surface area contributed by atoms with Crippen LogP contribution in [0.15, 0.2) is 23.0 Å². The van der Waals surface area contributed by atoms with E-state index >= 15 is 0 Å². The Bertz CT molecular complexity index is 881. The molecule has 6 heteroatoms. The molecule has 2 aromatic heterocycles. The maximum Gasteiger partial charge on any atom is 0.262 e. The van der Waals surface area contributed by atoms with Gasteiger partial charge in [-0.05, 0) is 44.6 Å². The Hall–Kier alpha value is -1.85. The van der Waals surface area contributed by atoms with Crippen LogP contribution >= 0.6 is 11.6 Å². The van der Waals surface area contributed by atoms with Crippen molar-refractivity contribution in [3.8, 4) is 0 Å². The summed E-state index contributed by atoms with van der Waals surface area (Å²) in [5.74, 6) is 0. The van der Waals surface area contributed by atoms with E-state index in [1.54, 1.807) is 0 Å². The van der Waals surface area contributed by atoms with Gasteiger partial charge in [-0.1, -0.05) is 18.5 Å². The molecule has 5 nitrogen and oxygen atoms in total. The summed E-state index contributed by atoms with van der Waals surface area (Å²) in [7, 11) is 0. The first-order valence-electron chi connectivity index (χ1n) is 7.51. The van der Waals surface area contributed by atoms with Crippen LogP contribution in [0.25, 0.3) is 21.8 Å². The number of nitrogens with one attached hydrogen (secondary N) is 2. The highest BCUT2D eigenvalue weighted by Gasteiger charge is 2.15. The van der Waals surface area contributed by atoms with Crippen LogP contribution in [0.3, 0.4) is 0 Å². The fourth-order valence-corrected chi connectivity index (χ4v) is 3.00. The minimum Gasteiger partial charge on any atom is -0.317 e. The average molecular weight is 319 g/mol. The number of halogens is 1. The lowest BCUT2D eigenvalue weighted by molar-refractivity contribution is 0.594. The molecule has 2 N–H and O–H groups in total. The number of fused-ring (bicyclic) bond motifs is 3. The van der Waals surface area contributed by atoms with Crippen LogP contribution in [0.5, 0.6) is 0 Å². The minimum absolute atomic E-state index is 0.00701. The van der Waals surface area contributed by atoms with Gasteiger partial charge in [0.15, 0.2) is 0 Å². The maximum atomic E-state index is 12.8. The van der Waals surface area contributed by atoms with Crippen molar-refractivity contribution in [1.82, 2.24) is 20.1 Å². The zero-order valence-corrected chi connectivity index (χ0v) is 13.5. The molecule has 1 aromatic carbocycles. The highest BCUT2D eigenvalue weighted by atomic mass is 35.5. The Balaban J connectivity index is 2.21. The summed E-state index contributed by atoms with van der Waals surface area (Å²) in [6.45, 7) is 6.44. The van der Waals surface area contributed by atoms with Crippen LogP contribution in [-0.4, -0.2) is 27.9 Å². The lowest BCUT2D eigenvalue weighted by atomic mass is 10.1. The summed E-state index contributed by atoms with van der Waals surface area (Å²) in [6, 6.07) is 5.59. The van der Waals surface area contributed by atoms with Gasteiger partial charge >= 0.3 is 0 Å². The second-order valence-electron chi connectivity index (χ2n) is 5.40. The molecule has 22 heavy (non-hydrogen) atoms. The second kappa shape index (κ2) is 6.10. The Labute approximate surface area is 133 Å². The standard InChI is InChI=1S/C16H19ClN4O/c1-3-18-7-4-8-21-13-6-5-11(17)9-12(13)15-14(16(21)22)10(2)19-20-15/h5-6,9,18H,3-4,7-8H2,1-2H3,(H,19,20). The lowest BCUT2D eigenvalue weighted by Crippen LogP contribution is -2.24. The van der Waals surface area contributed by atoms with Crippen LogP contribution < -0.4 is 10.9 Å². The molecule has 0 atom stereocenters. The Morgan fingerprint density at radius 2 is 2.23 bits per heavy atom. The highest BCUT2D eigenvalue weighted by Crippen LogP contribution is 2.25. The van der Waals surface area contributed by atoms with E-state index < -0.39 is 0 Å². The zero-order valence-electron chi connectivity index (χ0n) is 12.7. The van der Waals surface area contributed by atoms with E-state index in [9.17, 15) is 4.79 Å². The van der Waals surface area contributed by atoms with Gasteiger partial charge in [0, 0.05) is 22.6 Å². The van der Waals surface area contributed by atoms with Gasteiger partial charge in [-0.3, -0.25) is 9.89 Å². The van der Waals surface area contributed by atoms with Gasteiger partial charge in [-0.25, -0.2) is 0 Å². The molecule has 0 bridgehead atoms. The normalized spacial score (nSPS) is 11.6. The molecule has 0 unspecified atom stereocenters. The molecule has 0 amide bonds. The van der Waals surface area contributed by atoms with Crippen LogP contribution in [0.1, 0.15) is 19.0 Å². The summed E-state index contributed by atoms with van der Waals surface area (Å²) >= 11 is 6.13. The van der Waals surface area contributed by atoms with Crippen molar-refractivity contribution in [2.24, 2.45) is 0 Å². The first-order valence-corrected chi connectivity index (χ1v) is 7.88. The van der Waals surface area contributed by atoms with E-state index in [1.165, 1.54) is 0 Å². The Morgan fingerprint density at radius 3 is 3.00 bits per heavy atom. The molecule has 0 aliphatic carbocycles. The number of pyridine rings is 1. The van der Waals surface area contributed by atoms with Crippen molar-refractivity contribution in [1.29, 1.82) is 0 Å². The van der Waals surface area contributed by atoms with Crippen LogP contribution in [0.4, 0.5) is 0 Å². The number of aromatic nitrogens is 3. The van der Waals surface area contributed by atoms with Gasteiger partial charge in [-0.15, -0.1) is 0 Å². The number of aromatic amines is 1. The fourth-order valence-electron chi connectivity index (χ4n) is 2.82. The number of rotatable bonds is 5. The number of hydrogen-bond acceptors (Lipinski definition) is 3. The van der Waals surface area contributed by atoms with Gasteiger partial charge < -0.3 is 9.88 Å². The molecule has 0 fully saturated rings. The van der Waals surface area contributed by atoms with E-state index in [1.807, 2.05) is 29.7 Å². The lowest BCUT2D eigenvalue weighted by Gasteiger charge is -2.11. The molecule has 0 aliphatic rings. The molecule has 3 aromatic rings. The number of benzene rings is 1. The van der Waals surface area contributed by atoms with Gasteiger partial charge in [0.05, 0.1) is 10.9 Å². The van der Waals surface area contributed by atoms with Crippen molar-refractivity contribution in [2.45, 2.75) is 26.8 Å². The predicted octanol–water partition coefficient (Wildman–Crippen LogP) is 2.84. The molecule has 116 valence electrons. The minimum atomic E-state index is 0.00701. The summed E-state index contributed by atoms with van der Waals surface area (Å²) < 4.78 is 1.83. The van der Waals surface area contributed by atoms with Gasteiger partial charge in [0.2, 0.25) is 0 Å². The van der Waals surface area contributed by atoms with E-state index in [2.05, 4.69) is 22.4 Å². The third-order valence-electron chi connectivity index (χ3n) is 3.90. The predicted molar refractivity (Wildman–Crippen MR) is 90.8 cm³/mol. The largest absolute Gasteiger partial charge is 0.317 e. The van der Waals surface area contributed by atoms with Crippen molar-refractivity contribution in [2.75, 3.05) is 13.1 Å². The Morgan fingerprint density at radius 1 is 1.41 bits per heavy atom. The van der Waals surface area contributed by atoms with Gasteiger partial charge in [0.1, 0.15) is 5.52 Å². The average Bonchev–Trinajstić information content (AvgIpc) is 2.89. The molecular weight excluding hydrogens is 300 g/mol. The summed E-state index contributed by atoms with van der Waals surface area (Å²) in [6.07, 6.45) is 0.897. The van der Waals surface area contributed by atoms with Gasteiger partial charge in [-0.2, -0.15) is 5.10 Å². The van der Waals surface area contributed by atoms with Crippen LogP contribution in [-0.2, 0) is 6.54 Å². The molecule has 2 heterocycles. The van der Waals surface area contributed by atoms with Crippen molar-refractivity contribution >= 4 is 33.4 Å². The van der Waals surface area contributed by atoms with Crippen molar-refractivity contribution < 1.29 is 0 Å². The summed E-state index contributed by atoms with van der Waals surface area (Å²) in [5.41, 5.74) is 2.38. The van der Waals surface area contributed by atoms with Crippen LogP contribution in [0, 0.1) is 6.92 Å². The molecule has 0 radical (unpaired) electrons. The van der Waals surface area contributed by atoms with Gasteiger partial charge in [0.25, 0.3) is 5.56 Å². The van der Waals surface area contributed by atoms with Crippen molar-refractivity contribution in [3.05, 3.63) is 39.3 Å². The first-order chi connectivity index (χ1) is 10.6. The smallest absolute Gasteiger partial charge is 0.262 e. The van der Waals surface area contributed by atoms with E-state index in [-0.39, 0.29) is 5.56 Å². The van der Waals surface area contributed by atoms with E-state index in [4.69, 9.17) is 11.6 Å². The SMILES string of the molecule is CCNCCCn1c(=O)c2c(C)[nH]nc2c2cc(Cl)ccc21. The summed E-state index contributed by atoms with van der Waals surface area (Å²) in [4.78, 5) is 12.8. The molecule has 0 aliphatic heterocycles. The fraction of sp³-hybridized carbons (Fsp3) is 0.375. The van der Waals surface area contributed by atoms with Crippen molar-refractivity contribution in [3.63, 3.8) is 0 Å². The second-order valence-corrected chi connectivity index (χ2v) is 5.83. The zero-order chi connectivity index (χ0) is 15.7. The Kier molecular flexibility index (Phi) is 4.18. The maximum absolute atomic E-state index is 12.8.